The van der Waals surface area contributed by atoms with Gasteiger partial charge in [-0.3, -0.25) is 4.79 Å². The number of carboxylic acids is 1. The van der Waals surface area contributed by atoms with Gasteiger partial charge in [0.2, 0.25) is 0 Å². The predicted octanol–water partition coefficient (Wildman–Crippen LogP) is 3.92. The highest BCUT2D eigenvalue weighted by molar-refractivity contribution is 9.10. The van der Waals surface area contributed by atoms with Gasteiger partial charge in [-0.15, -0.1) is 23.2 Å². The maximum Gasteiger partial charge on any atom is 0.306 e. The van der Waals surface area contributed by atoms with E-state index >= 15 is 0 Å². The first-order valence-electron chi connectivity index (χ1n) is 4.44. The van der Waals surface area contributed by atoms with Gasteiger partial charge in [0, 0.05) is 6.42 Å². The first-order chi connectivity index (χ1) is 7.71. The number of alkyl halides is 2. The summed E-state index contributed by atoms with van der Waals surface area (Å²) in [6.07, 6.45) is -0.867. The zero-order valence-corrected chi connectivity index (χ0v) is 11.4. The topological polar surface area (TPSA) is 37.3 Å². The Kier molecular flexibility index (Phi) is 4.75. The van der Waals surface area contributed by atoms with Crippen molar-refractivity contribution in [2.24, 2.45) is 0 Å². The van der Waals surface area contributed by atoms with Gasteiger partial charge in [0.05, 0.1) is 10.9 Å². The first kappa shape index (κ1) is 14.7. The summed E-state index contributed by atoms with van der Waals surface area (Å²) in [6.45, 7) is 0. The van der Waals surface area contributed by atoms with Gasteiger partial charge in [0.25, 0.3) is 0 Å². The molecule has 0 heterocycles. The molecule has 0 saturated heterocycles. The summed E-state index contributed by atoms with van der Waals surface area (Å²) >= 11 is 14.3. The predicted molar refractivity (Wildman–Crippen MR) is 64.5 cm³/mol. The summed E-state index contributed by atoms with van der Waals surface area (Å²) < 4.78 is 24.9. The van der Waals surface area contributed by atoms with Crippen molar-refractivity contribution < 1.29 is 18.7 Å². The fourth-order valence-corrected chi connectivity index (χ4v) is 2.29. The average Bonchev–Trinajstić information content (AvgIpc) is 2.10. The molecule has 0 bridgehead atoms. The van der Waals surface area contributed by atoms with Gasteiger partial charge in [-0.05, 0) is 33.6 Å². The van der Waals surface area contributed by atoms with Gasteiger partial charge >= 0.3 is 5.97 Å². The molecule has 2 nitrogen and oxygen atoms in total. The Morgan fingerprint density at radius 2 is 2.00 bits per heavy atom. The lowest BCUT2D eigenvalue weighted by Gasteiger charge is -2.17. The van der Waals surface area contributed by atoms with Crippen LogP contribution in [0.4, 0.5) is 8.78 Å². The van der Waals surface area contributed by atoms with Crippen LogP contribution in [0, 0.1) is 11.6 Å². The normalized spacial score (nSPS) is 11.6. The van der Waals surface area contributed by atoms with Crippen LogP contribution in [-0.2, 0) is 11.2 Å². The van der Waals surface area contributed by atoms with E-state index in [-0.39, 0.29) is 16.5 Å². The van der Waals surface area contributed by atoms with E-state index in [0.717, 1.165) is 12.1 Å². The third-order valence-electron chi connectivity index (χ3n) is 1.93. The van der Waals surface area contributed by atoms with Crippen molar-refractivity contribution in [3.8, 4) is 0 Å². The van der Waals surface area contributed by atoms with Gasteiger partial charge in [-0.1, -0.05) is 0 Å². The van der Waals surface area contributed by atoms with Crippen molar-refractivity contribution in [3.63, 3.8) is 0 Å². The fraction of sp³-hybridized carbons (Fsp3) is 0.300. The molecule has 0 fully saturated rings. The summed E-state index contributed by atoms with van der Waals surface area (Å²) in [5, 5.41) is 8.56. The Hall–Kier alpha value is -0.390. The average molecular weight is 348 g/mol. The van der Waals surface area contributed by atoms with Crippen LogP contribution in [0.2, 0.25) is 0 Å². The number of carbonyl (C=O) groups is 1. The second-order valence-corrected chi connectivity index (χ2v) is 5.96. The molecule has 0 aromatic heterocycles. The largest absolute Gasteiger partial charge is 0.481 e. The number of hydrogen-bond acceptors (Lipinski definition) is 1. The van der Waals surface area contributed by atoms with Crippen molar-refractivity contribution in [2.45, 2.75) is 17.2 Å². The Bertz CT molecular complexity index is 452. The highest BCUT2D eigenvalue weighted by Crippen LogP contribution is 2.32. The van der Waals surface area contributed by atoms with E-state index in [4.69, 9.17) is 28.3 Å². The number of benzene rings is 1. The van der Waals surface area contributed by atoms with Gasteiger partial charge in [0.1, 0.15) is 16.0 Å². The molecule has 1 N–H and O–H groups in total. The molecule has 7 heteroatoms. The summed E-state index contributed by atoms with van der Waals surface area (Å²) in [6, 6.07) is 1.89. The van der Waals surface area contributed by atoms with Crippen molar-refractivity contribution in [1.82, 2.24) is 0 Å². The van der Waals surface area contributed by atoms with E-state index in [0.29, 0.717) is 0 Å². The van der Waals surface area contributed by atoms with E-state index in [9.17, 15) is 13.6 Å². The van der Waals surface area contributed by atoms with Crippen LogP contribution in [0.5, 0.6) is 0 Å². The minimum atomic E-state index is -1.68. The van der Waals surface area contributed by atoms with Crippen LogP contribution >= 0.6 is 39.1 Å². The minimum absolute atomic E-state index is 0.0630. The Morgan fingerprint density at radius 3 is 2.53 bits per heavy atom. The third-order valence-corrected chi connectivity index (χ3v) is 3.04. The summed E-state index contributed by atoms with van der Waals surface area (Å²) in [5.74, 6) is -2.58. The van der Waals surface area contributed by atoms with Gasteiger partial charge in [-0.25, -0.2) is 8.78 Å². The molecule has 94 valence electrons. The lowest BCUT2D eigenvalue weighted by molar-refractivity contribution is -0.137. The molecule has 0 aliphatic heterocycles. The zero-order chi connectivity index (χ0) is 13.2. The van der Waals surface area contributed by atoms with Crippen LogP contribution in [-0.4, -0.2) is 15.4 Å². The highest BCUT2D eigenvalue weighted by atomic mass is 79.9. The maximum atomic E-state index is 13.6. The van der Waals surface area contributed by atoms with Crippen molar-refractivity contribution >= 4 is 45.1 Å². The molecule has 1 rings (SSSR count). The van der Waals surface area contributed by atoms with Crippen LogP contribution in [0.25, 0.3) is 0 Å². The number of rotatable bonds is 4. The summed E-state index contributed by atoms with van der Waals surface area (Å²) in [5.41, 5.74) is -0.0804. The maximum absolute atomic E-state index is 13.6. The summed E-state index contributed by atoms with van der Waals surface area (Å²) in [4.78, 5) is 10.5. The first-order valence-corrected chi connectivity index (χ1v) is 5.99. The second-order valence-electron chi connectivity index (χ2n) is 3.46. The van der Waals surface area contributed by atoms with E-state index in [2.05, 4.69) is 15.9 Å². The SMILES string of the molecule is O=C(O)CC(Cl)(Cl)Cc1cc(F)cc(Br)c1F. The van der Waals surface area contributed by atoms with Gasteiger partial charge in [0.15, 0.2) is 0 Å². The molecule has 0 amide bonds. The van der Waals surface area contributed by atoms with Gasteiger partial charge in [-0.2, -0.15) is 0 Å². The molecule has 0 atom stereocenters. The Labute approximate surface area is 115 Å². The highest BCUT2D eigenvalue weighted by Gasteiger charge is 2.29. The molecule has 0 saturated carbocycles. The number of carboxylic acid groups (broad SMARTS) is 1. The van der Waals surface area contributed by atoms with Gasteiger partial charge < -0.3 is 5.11 Å². The number of hydrogen-bond donors (Lipinski definition) is 1. The van der Waals surface area contributed by atoms with Crippen molar-refractivity contribution in [1.29, 1.82) is 0 Å². The molecule has 0 aliphatic rings. The van der Waals surface area contributed by atoms with Crippen LogP contribution in [0.3, 0.4) is 0 Å². The smallest absolute Gasteiger partial charge is 0.306 e. The molecule has 1 aromatic rings. The van der Waals surface area contributed by atoms with E-state index in [1.807, 2.05) is 0 Å². The summed E-state index contributed by atoms with van der Waals surface area (Å²) in [7, 11) is 0. The Morgan fingerprint density at radius 1 is 1.41 bits per heavy atom. The molecule has 0 spiro atoms. The number of halogens is 5. The van der Waals surface area contributed by atoms with E-state index in [1.54, 1.807) is 0 Å². The second kappa shape index (κ2) is 5.50. The standard InChI is InChI=1S/C10H7BrCl2F2O2/c11-7-2-6(14)1-5(9(7)15)3-10(12,13)4-8(16)17/h1-2H,3-4H2,(H,16,17). The molecule has 0 radical (unpaired) electrons. The third kappa shape index (κ3) is 4.41. The number of aliphatic carboxylic acids is 1. The van der Waals surface area contributed by atoms with E-state index < -0.39 is 28.4 Å². The fourth-order valence-electron chi connectivity index (χ4n) is 1.30. The quantitative estimate of drug-likeness (QED) is 0.662. The van der Waals surface area contributed by atoms with Crippen molar-refractivity contribution in [2.75, 3.05) is 0 Å². The Balaban J connectivity index is 2.98. The monoisotopic (exact) mass is 346 g/mol. The van der Waals surface area contributed by atoms with E-state index in [1.165, 1.54) is 0 Å². The molecule has 0 aliphatic carbocycles. The molecule has 17 heavy (non-hydrogen) atoms. The molecular formula is C10H7BrCl2F2O2. The lowest BCUT2D eigenvalue weighted by atomic mass is 10.1. The zero-order valence-electron chi connectivity index (χ0n) is 8.31. The van der Waals surface area contributed by atoms with Crippen LogP contribution < -0.4 is 0 Å². The lowest BCUT2D eigenvalue weighted by Crippen LogP contribution is -2.22. The molecule has 0 unspecified atom stereocenters. The molecular weight excluding hydrogens is 341 g/mol. The minimum Gasteiger partial charge on any atom is -0.481 e. The molecule has 1 aromatic carbocycles. The van der Waals surface area contributed by atoms with Crippen LogP contribution in [0.15, 0.2) is 16.6 Å². The van der Waals surface area contributed by atoms with Crippen LogP contribution in [0.1, 0.15) is 12.0 Å². The van der Waals surface area contributed by atoms with Crippen molar-refractivity contribution in [3.05, 3.63) is 33.8 Å².